The highest BCUT2D eigenvalue weighted by Crippen LogP contribution is 2.47. The van der Waals surface area contributed by atoms with Gasteiger partial charge >= 0.3 is 0 Å². The van der Waals surface area contributed by atoms with Crippen LogP contribution in [-0.4, -0.2) is 0 Å². The van der Waals surface area contributed by atoms with Gasteiger partial charge in [0.2, 0.25) is 0 Å². The van der Waals surface area contributed by atoms with Crippen LogP contribution in [0.1, 0.15) is 69.8 Å². The number of allylic oxidation sites excluding steroid dienone is 2. The van der Waals surface area contributed by atoms with Crippen LogP contribution in [-0.2, 0) is 0 Å². The van der Waals surface area contributed by atoms with Gasteiger partial charge in [-0.25, -0.2) is 0 Å². The van der Waals surface area contributed by atoms with Crippen molar-refractivity contribution in [1.29, 1.82) is 0 Å². The molecule has 0 heterocycles. The van der Waals surface area contributed by atoms with Gasteiger partial charge in [-0.3, -0.25) is 0 Å². The summed E-state index contributed by atoms with van der Waals surface area (Å²) in [5.74, 6) is 3.57. The third-order valence-corrected chi connectivity index (χ3v) is 6.11. The van der Waals surface area contributed by atoms with Gasteiger partial charge in [0.1, 0.15) is 0 Å². The first-order valence-corrected chi connectivity index (χ1v) is 9.56. The van der Waals surface area contributed by atoms with Gasteiger partial charge in [0, 0.05) is 5.02 Å². The van der Waals surface area contributed by atoms with Crippen LogP contribution in [0.3, 0.4) is 0 Å². The van der Waals surface area contributed by atoms with Crippen LogP contribution in [0.5, 0.6) is 0 Å². The van der Waals surface area contributed by atoms with Crippen LogP contribution in [0.25, 0.3) is 0 Å². The zero-order valence-electron chi connectivity index (χ0n) is 13.8. The molecule has 0 spiro atoms. The third-order valence-electron chi connectivity index (χ3n) is 5.86. The molecule has 1 aromatic rings. The predicted molar refractivity (Wildman–Crippen MR) is 96.4 cm³/mol. The number of fused-ring (bicyclic) bond motifs is 1. The number of benzene rings is 1. The van der Waals surface area contributed by atoms with E-state index in [-0.39, 0.29) is 0 Å². The highest BCUT2D eigenvalue weighted by molar-refractivity contribution is 6.30. The minimum Gasteiger partial charge on any atom is -0.0883 e. The zero-order chi connectivity index (χ0) is 15.4. The first-order chi connectivity index (χ1) is 10.8. The van der Waals surface area contributed by atoms with E-state index >= 15 is 0 Å². The van der Waals surface area contributed by atoms with Gasteiger partial charge in [-0.15, -0.1) is 0 Å². The third kappa shape index (κ3) is 3.96. The van der Waals surface area contributed by atoms with Gasteiger partial charge < -0.3 is 0 Å². The second-order valence-electron chi connectivity index (χ2n) is 7.37. The van der Waals surface area contributed by atoms with Crippen LogP contribution < -0.4 is 0 Å². The van der Waals surface area contributed by atoms with E-state index < -0.39 is 0 Å². The number of rotatable bonds is 4. The number of hydrogen-bond acceptors (Lipinski definition) is 0. The van der Waals surface area contributed by atoms with Crippen molar-refractivity contribution >= 4 is 11.6 Å². The molecule has 0 saturated heterocycles. The van der Waals surface area contributed by atoms with Crippen molar-refractivity contribution < 1.29 is 0 Å². The molecule has 4 atom stereocenters. The number of hydrogen-bond donors (Lipinski definition) is 0. The first-order valence-electron chi connectivity index (χ1n) is 9.18. The van der Waals surface area contributed by atoms with Crippen molar-refractivity contribution in [3.8, 4) is 0 Å². The van der Waals surface area contributed by atoms with Gasteiger partial charge in [0.15, 0.2) is 0 Å². The maximum Gasteiger partial charge on any atom is 0.0406 e. The average Bonchev–Trinajstić information content (AvgIpc) is 2.55. The molecule has 1 aromatic carbocycles. The molecule has 0 radical (unpaired) electrons. The zero-order valence-corrected chi connectivity index (χ0v) is 14.6. The Bertz CT molecular complexity index is 487. The van der Waals surface area contributed by atoms with Crippen molar-refractivity contribution in [3.05, 3.63) is 47.0 Å². The van der Waals surface area contributed by atoms with E-state index in [1.165, 1.54) is 56.9 Å². The molecular formula is C21H29Cl. The smallest absolute Gasteiger partial charge is 0.0406 e. The standard InChI is InChI=1S/C21H29Cl/c1-2-3-4-5-16-6-7-20-15-19(9-8-18(20)14-16)17-10-12-21(22)13-11-17/h4-5,10-13,16,18-20H,2-3,6-9,14-15H2,1H3/b5-4+. The molecule has 2 fully saturated rings. The summed E-state index contributed by atoms with van der Waals surface area (Å²) in [7, 11) is 0. The van der Waals surface area contributed by atoms with Crippen molar-refractivity contribution in [2.75, 3.05) is 0 Å². The molecule has 0 aliphatic heterocycles. The quantitative estimate of drug-likeness (QED) is 0.525. The lowest BCUT2D eigenvalue weighted by Crippen LogP contribution is -2.30. The van der Waals surface area contributed by atoms with E-state index in [4.69, 9.17) is 11.6 Å². The molecule has 0 N–H and O–H groups in total. The second kappa shape index (κ2) is 7.68. The van der Waals surface area contributed by atoms with Crippen LogP contribution in [0.2, 0.25) is 5.02 Å². The Hall–Kier alpha value is -0.750. The van der Waals surface area contributed by atoms with Crippen molar-refractivity contribution in [2.45, 2.75) is 64.2 Å². The van der Waals surface area contributed by atoms with E-state index in [0.29, 0.717) is 0 Å². The molecular weight excluding hydrogens is 288 g/mol. The Morgan fingerprint density at radius 3 is 2.50 bits per heavy atom. The molecule has 1 heteroatoms. The summed E-state index contributed by atoms with van der Waals surface area (Å²) < 4.78 is 0. The summed E-state index contributed by atoms with van der Waals surface area (Å²) in [6.07, 6.45) is 16.0. The molecule has 0 nitrogen and oxygen atoms in total. The molecule has 0 aromatic heterocycles. The lowest BCUT2D eigenvalue weighted by molar-refractivity contribution is 0.133. The molecule has 0 amide bonds. The fourth-order valence-corrected chi connectivity index (χ4v) is 4.72. The molecule has 2 saturated carbocycles. The lowest BCUT2D eigenvalue weighted by atomic mass is 9.64. The van der Waals surface area contributed by atoms with E-state index in [1.54, 1.807) is 0 Å². The van der Waals surface area contributed by atoms with E-state index in [1.807, 2.05) is 0 Å². The van der Waals surface area contributed by atoms with E-state index in [2.05, 4.69) is 43.3 Å². The Labute approximate surface area is 141 Å². The molecule has 4 unspecified atom stereocenters. The molecule has 0 bridgehead atoms. The Morgan fingerprint density at radius 1 is 1.00 bits per heavy atom. The highest BCUT2D eigenvalue weighted by Gasteiger charge is 2.35. The Morgan fingerprint density at radius 2 is 1.73 bits per heavy atom. The van der Waals surface area contributed by atoms with Gasteiger partial charge in [-0.05, 0) is 86.3 Å². The summed E-state index contributed by atoms with van der Waals surface area (Å²) in [6, 6.07) is 8.59. The molecule has 3 rings (SSSR count). The minimum absolute atomic E-state index is 0.769. The maximum absolute atomic E-state index is 6.02. The fraction of sp³-hybridized carbons (Fsp3) is 0.619. The number of unbranched alkanes of at least 4 members (excludes halogenated alkanes) is 1. The summed E-state index contributed by atoms with van der Waals surface area (Å²) in [6.45, 7) is 2.26. The average molecular weight is 317 g/mol. The molecule has 22 heavy (non-hydrogen) atoms. The Balaban J connectivity index is 1.56. The fourth-order valence-electron chi connectivity index (χ4n) is 4.59. The van der Waals surface area contributed by atoms with E-state index in [9.17, 15) is 0 Å². The van der Waals surface area contributed by atoms with Crippen LogP contribution in [0, 0.1) is 17.8 Å². The second-order valence-corrected chi connectivity index (χ2v) is 7.81. The summed E-state index contributed by atoms with van der Waals surface area (Å²) in [5, 5.41) is 0.858. The number of halogens is 1. The van der Waals surface area contributed by atoms with E-state index in [0.717, 1.165) is 28.7 Å². The molecule has 120 valence electrons. The minimum atomic E-state index is 0.769. The first kappa shape index (κ1) is 16.1. The van der Waals surface area contributed by atoms with Crippen LogP contribution in [0.4, 0.5) is 0 Å². The summed E-state index contributed by atoms with van der Waals surface area (Å²) >= 11 is 6.02. The van der Waals surface area contributed by atoms with Gasteiger partial charge in [-0.2, -0.15) is 0 Å². The SMILES string of the molecule is CCC/C=C/C1CCC2CC(c3ccc(Cl)cc3)CCC2C1. The molecule has 2 aliphatic carbocycles. The van der Waals surface area contributed by atoms with Crippen molar-refractivity contribution in [1.82, 2.24) is 0 Å². The monoisotopic (exact) mass is 316 g/mol. The van der Waals surface area contributed by atoms with Crippen LogP contribution in [0.15, 0.2) is 36.4 Å². The highest BCUT2D eigenvalue weighted by atomic mass is 35.5. The largest absolute Gasteiger partial charge is 0.0883 e. The normalized spacial score (nSPS) is 32.1. The van der Waals surface area contributed by atoms with Gasteiger partial charge in [0.25, 0.3) is 0 Å². The molecule has 2 aliphatic rings. The van der Waals surface area contributed by atoms with Gasteiger partial charge in [0.05, 0.1) is 0 Å². The van der Waals surface area contributed by atoms with Gasteiger partial charge in [-0.1, -0.05) is 49.2 Å². The lowest BCUT2D eigenvalue weighted by Gasteiger charge is -2.41. The summed E-state index contributed by atoms with van der Waals surface area (Å²) in [4.78, 5) is 0. The summed E-state index contributed by atoms with van der Waals surface area (Å²) in [5.41, 5.74) is 1.51. The van der Waals surface area contributed by atoms with Crippen molar-refractivity contribution in [3.63, 3.8) is 0 Å². The maximum atomic E-state index is 6.02. The van der Waals surface area contributed by atoms with Crippen LogP contribution >= 0.6 is 11.6 Å². The predicted octanol–water partition coefficient (Wildman–Crippen LogP) is 7.00. The Kier molecular flexibility index (Phi) is 5.63. The topological polar surface area (TPSA) is 0 Å². The van der Waals surface area contributed by atoms with Crippen molar-refractivity contribution in [2.24, 2.45) is 17.8 Å².